The zero-order valence-corrected chi connectivity index (χ0v) is 9.18. The van der Waals surface area contributed by atoms with Gasteiger partial charge in [-0.15, -0.1) is 0 Å². The van der Waals surface area contributed by atoms with E-state index in [2.05, 4.69) is 13.8 Å². The van der Waals surface area contributed by atoms with Crippen LogP contribution in [0.3, 0.4) is 0 Å². The standard InChI is InChI=1S/C9H21O2P/c1-3-5-6-8-9(7-4-2)12(10)11/h9,12H,3-8H2,1-2H3,(H,10,11). The molecule has 0 bridgehead atoms. The minimum absolute atomic E-state index is 0.0894. The first kappa shape index (κ1) is 12.2. The lowest BCUT2D eigenvalue weighted by Gasteiger charge is -2.11. The van der Waals surface area contributed by atoms with Crippen LogP contribution in [0.25, 0.3) is 0 Å². The van der Waals surface area contributed by atoms with E-state index in [9.17, 15) is 4.57 Å². The van der Waals surface area contributed by atoms with E-state index in [1.807, 2.05) is 0 Å². The number of hydrogen-bond donors (Lipinski definition) is 1. The predicted octanol–water partition coefficient (Wildman–Crippen LogP) is 3.20. The third kappa shape index (κ3) is 5.79. The summed E-state index contributed by atoms with van der Waals surface area (Å²) in [6, 6.07) is 0. The highest BCUT2D eigenvalue weighted by Crippen LogP contribution is 2.30. The summed E-state index contributed by atoms with van der Waals surface area (Å²) in [6.07, 6.45) is 6.36. The second-order valence-corrected chi connectivity index (χ2v) is 4.81. The molecule has 0 rings (SSSR count). The van der Waals surface area contributed by atoms with Crippen molar-refractivity contribution in [3.8, 4) is 0 Å². The number of rotatable bonds is 7. The van der Waals surface area contributed by atoms with E-state index in [1.54, 1.807) is 0 Å². The lowest BCUT2D eigenvalue weighted by molar-refractivity contribution is 0.470. The van der Waals surface area contributed by atoms with Gasteiger partial charge in [0.05, 0.1) is 0 Å². The molecule has 0 saturated carbocycles. The van der Waals surface area contributed by atoms with Crippen molar-refractivity contribution in [2.24, 2.45) is 0 Å². The van der Waals surface area contributed by atoms with Gasteiger partial charge in [-0.05, 0) is 12.8 Å². The van der Waals surface area contributed by atoms with E-state index >= 15 is 0 Å². The summed E-state index contributed by atoms with van der Waals surface area (Å²) in [5.41, 5.74) is 0.0894. The first-order valence-corrected chi connectivity index (χ1v) is 6.38. The molecule has 0 aromatic heterocycles. The fourth-order valence-electron chi connectivity index (χ4n) is 1.38. The maximum Gasteiger partial charge on any atom is 0.192 e. The molecule has 0 aliphatic rings. The second-order valence-electron chi connectivity index (χ2n) is 3.32. The summed E-state index contributed by atoms with van der Waals surface area (Å²) >= 11 is 0. The Hall–Kier alpha value is 0.190. The molecule has 12 heavy (non-hydrogen) atoms. The third-order valence-electron chi connectivity index (χ3n) is 2.14. The zero-order valence-electron chi connectivity index (χ0n) is 8.18. The monoisotopic (exact) mass is 192 g/mol. The molecule has 2 nitrogen and oxygen atoms in total. The van der Waals surface area contributed by atoms with E-state index in [0.717, 1.165) is 25.7 Å². The van der Waals surface area contributed by atoms with Gasteiger partial charge in [0.15, 0.2) is 8.03 Å². The van der Waals surface area contributed by atoms with Crippen LogP contribution in [0.1, 0.15) is 52.4 Å². The topological polar surface area (TPSA) is 37.3 Å². The molecule has 2 unspecified atom stereocenters. The van der Waals surface area contributed by atoms with Crippen LogP contribution >= 0.6 is 8.03 Å². The third-order valence-corrected chi connectivity index (χ3v) is 3.42. The molecule has 0 aromatic rings. The molecular weight excluding hydrogens is 171 g/mol. The highest BCUT2D eigenvalue weighted by atomic mass is 31.1. The highest BCUT2D eigenvalue weighted by Gasteiger charge is 2.11. The lowest BCUT2D eigenvalue weighted by atomic mass is 10.1. The first-order chi connectivity index (χ1) is 5.72. The van der Waals surface area contributed by atoms with Crippen LogP contribution in [0.4, 0.5) is 0 Å². The number of hydrogen-bond acceptors (Lipinski definition) is 1. The van der Waals surface area contributed by atoms with E-state index in [1.165, 1.54) is 12.8 Å². The van der Waals surface area contributed by atoms with Crippen LogP contribution in [-0.2, 0) is 4.57 Å². The molecule has 0 saturated heterocycles. The Labute approximate surface area is 76.2 Å². The van der Waals surface area contributed by atoms with Gasteiger partial charge in [-0.1, -0.05) is 39.5 Å². The van der Waals surface area contributed by atoms with Crippen molar-refractivity contribution in [3.63, 3.8) is 0 Å². The van der Waals surface area contributed by atoms with E-state index < -0.39 is 8.03 Å². The normalized spacial score (nSPS) is 15.9. The van der Waals surface area contributed by atoms with Gasteiger partial charge in [0.1, 0.15) is 0 Å². The predicted molar refractivity (Wildman–Crippen MR) is 54.1 cm³/mol. The zero-order chi connectivity index (χ0) is 9.40. The van der Waals surface area contributed by atoms with Crippen LogP contribution in [0.2, 0.25) is 0 Å². The summed E-state index contributed by atoms with van der Waals surface area (Å²) in [6.45, 7) is 4.22. The van der Waals surface area contributed by atoms with Crippen molar-refractivity contribution in [2.75, 3.05) is 0 Å². The minimum atomic E-state index is -2.27. The maximum absolute atomic E-state index is 10.9. The smallest absolute Gasteiger partial charge is 0.192 e. The van der Waals surface area contributed by atoms with Crippen molar-refractivity contribution in [1.29, 1.82) is 0 Å². The summed E-state index contributed by atoms with van der Waals surface area (Å²) in [5.74, 6) is 0. The molecule has 0 aromatic carbocycles. The molecule has 0 spiro atoms. The van der Waals surface area contributed by atoms with Gasteiger partial charge in [-0.2, -0.15) is 0 Å². The summed E-state index contributed by atoms with van der Waals surface area (Å²) < 4.78 is 10.9. The van der Waals surface area contributed by atoms with E-state index in [0.29, 0.717) is 0 Å². The molecule has 2 atom stereocenters. The van der Waals surface area contributed by atoms with Gasteiger partial charge in [0, 0.05) is 5.66 Å². The largest absolute Gasteiger partial charge is 0.346 e. The molecule has 0 fully saturated rings. The quantitative estimate of drug-likeness (QED) is 0.496. The highest BCUT2D eigenvalue weighted by molar-refractivity contribution is 7.38. The molecule has 0 amide bonds. The van der Waals surface area contributed by atoms with Crippen molar-refractivity contribution < 1.29 is 9.46 Å². The Morgan fingerprint density at radius 2 is 1.83 bits per heavy atom. The van der Waals surface area contributed by atoms with Gasteiger partial charge in [0.2, 0.25) is 0 Å². The van der Waals surface area contributed by atoms with Crippen LogP contribution < -0.4 is 0 Å². The molecule has 0 aliphatic heterocycles. The maximum atomic E-state index is 10.9. The molecular formula is C9H21O2P. The van der Waals surface area contributed by atoms with Gasteiger partial charge in [-0.3, -0.25) is 4.57 Å². The summed E-state index contributed by atoms with van der Waals surface area (Å²) in [7, 11) is -2.27. The van der Waals surface area contributed by atoms with E-state index in [4.69, 9.17) is 4.89 Å². The Kier molecular flexibility index (Phi) is 7.94. The minimum Gasteiger partial charge on any atom is -0.346 e. The Morgan fingerprint density at radius 1 is 1.17 bits per heavy atom. The second kappa shape index (κ2) is 7.82. The van der Waals surface area contributed by atoms with Crippen LogP contribution in [0.15, 0.2) is 0 Å². The Balaban J connectivity index is 3.56. The lowest BCUT2D eigenvalue weighted by Crippen LogP contribution is -2.01. The van der Waals surface area contributed by atoms with E-state index in [-0.39, 0.29) is 5.66 Å². The average Bonchev–Trinajstić information content (AvgIpc) is 2.03. The van der Waals surface area contributed by atoms with Crippen LogP contribution in [-0.4, -0.2) is 10.6 Å². The van der Waals surface area contributed by atoms with Crippen LogP contribution in [0, 0.1) is 0 Å². The SMILES string of the molecule is CCCCCC(CCC)[PH](=O)O. The summed E-state index contributed by atoms with van der Waals surface area (Å²) in [4.78, 5) is 8.99. The van der Waals surface area contributed by atoms with Gasteiger partial charge in [-0.25, -0.2) is 0 Å². The molecule has 0 heterocycles. The Bertz CT molecular complexity index is 126. The van der Waals surface area contributed by atoms with Crippen molar-refractivity contribution >= 4 is 8.03 Å². The first-order valence-electron chi connectivity index (χ1n) is 4.95. The molecule has 74 valence electrons. The number of unbranched alkanes of at least 4 members (excludes halogenated alkanes) is 2. The molecule has 0 radical (unpaired) electrons. The van der Waals surface area contributed by atoms with Gasteiger partial charge >= 0.3 is 0 Å². The Morgan fingerprint density at radius 3 is 2.25 bits per heavy atom. The molecule has 0 aliphatic carbocycles. The van der Waals surface area contributed by atoms with Crippen LogP contribution in [0.5, 0.6) is 0 Å². The van der Waals surface area contributed by atoms with Crippen molar-refractivity contribution in [1.82, 2.24) is 0 Å². The van der Waals surface area contributed by atoms with Gasteiger partial charge in [0.25, 0.3) is 0 Å². The van der Waals surface area contributed by atoms with Gasteiger partial charge < -0.3 is 4.89 Å². The van der Waals surface area contributed by atoms with Crippen molar-refractivity contribution in [2.45, 2.75) is 58.0 Å². The summed E-state index contributed by atoms with van der Waals surface area (Å²) in [5, 5.41) is 0. The molecule has 3 heteroatoms. The fraction of sp³-hybridized carbons (Fsp3) is 1.00. The van der Waals surface area contributed by atoms with Crippen molar-refractivity contribution in [3.05, 3.63) is 0 Å². The fourth-order valence-corrected chi connectivity index (χ4v) is 2.37. The average molecular weight is 192 g/mol. The molecule has 1 N–H and O–H groups in total.